The Morgan fingerprint density at radius 2 is 0.694 bits per heavy atom. The quantitative estimate of drug-likeness (QED) is 0.232. The number of rotatable bonds is 3. The van der Waals surface area contributed by atoms with E-state index in [9.17, 15) is 0 Å². The van der Waals surface area contributed by atoms with Gasteiger partial charge in [0.2, 0.25) is 0 Å². The second kappa shape index (κ2) is 8.52. The first kappa shape index (κ1) is 20.7. The summed E-state index contributed by atoms with van der Waals surface area (Å²) in [6, 6.07) is 52.8. The van der Waals surface area contributed by atoms with Crippen molar-refractivity contribution in [3.05, 3.63) is 146 Å². The van der Waals surface area contributed by atoms with E-state index in [0.29, 0.717) is 0 Å². The largest absolute Gasteiger partial charge is 0.0622 e. The molecule has 7 aromatic rings. The summed E-state index contributed by atoms with van der Waals surface area (Å²) in [5.41, 5.74) is 7.43. The number of benzene rings is 7. The van der Waals surface area contributed by atoms with Gasteiger partial charge < -0.3 is 0 Å². The highest BCUT2D eigenvalue weighted by Gasteiger charge is 2.08. The normalized spacial score (nSPS) is 11.3. The molecule has 36 heavy (non-hydrogen) atoms. The number of hydrogen-bond donors (Lipinski definition) is 0. The minimum absolute atomic E-state index is 1.23. The smallest absolute Gasteiger partial charge is 0.00987 e. The highest BCUT2D eigenvalue weighted by molar-refractivity contribution is 6.17. The standard InChI is InChI=1S/C36H24/c1-2-7-25(8-3-1)26-13-15-27(16-14-26)30-10-6-11-31(23-30)32-18-17-29-20-21-34-33-12-5-4-9-28(33)19-22-35(34)36(29)24-32/h1-24H. The fourth-order valence-corrected chi connectivity index (χ4v) is 5.36. The van der Waals surface area contributed by atoms with Gasteiger partial charge in [0.1, 0.15) is 0 Å². The van der Waals surface area contributed by atoms with Crippen LogP contribution in [0.15, 0.2) is 146 Å². The third kappa shape index (κ3) is 3.56. The minimum Gasteiger partial charge on any atom is -0.0622 e. The summed E-state index contributed by atoms with van der Waals surface area (Å²) in [7, 11) is 0. The second-order valence-corrected chi connectivity index (χ2v) is 9.41. The predicted octanol–water partition coefficient (Wildman–Crippen LogP) is 10.1. The first-order chi connectivity index (χ1) is 17.8. The Balaban J connectivity index is 1.31. The second-order valence-electron chi connectivity index (χ2n) is 9.41. The van der Waals surface area contributed by atoms with Gasteiger partial charge in [-0.2, -0.15) is 0 Å². The lowest BCUT2D eigenvalue weighted by Gasteiger charge is -2.11. The summed E-state index contributed by atoms with van der Waals surface area (Å²) in [5, 5.41) is 7.78. The molecule has 0 saturated heterocycles. The number of fused-ring (bicyclic) bond motifs is 5. The van der Waals surface area contributed by atoms with Gasteiger partial charge in [-0.25, -0.2) is 0 Å². The van der Waals surface area contributed by atoms with Gasteiger partial charge in [0.25, 0.3) is 0 Å². The van der Waals surface area contributed by atoms with Crippen molar-refractivity contribution in [2.75, 3.05) is 0 Å². The fraction of sp³-hybridized carbons (Fsp3) is 0. The van der Waals surface area contributed by atoms with Gasteiger partial charge in [-0.3, -0.25) is 0 Å². The lowest BCUT2D eigenvalue weighted by molar-refractivity contribution is 1.58. The molecule has 0 aliphatic heterocycles. The van der Waals surface area contributed by atoms with E-state index < -0.39 is 0 Å². The van der Waals surface area contributed by atoms with Crippen LogP contribution in [0.4, 0.5) is 0 Å². The van der Waals surface area contributed by atoms with Gasteiger partial charge in [0.15, 0.2) is 0 Å². The lowest BCUT2D eigenvalue weighted by atomic mass is 9.93. The average molecular weight is 457 g/mol. The van der Waals surface area contributed by atoms with Gasteiger partial charge in [0.05, 0.1) is 0 Å². The van der Waals surface area contributed by atoms with Gasteiger partial charge in [-0.05, 0) is 77.8 Å². The Hall–Kier alpha value is -4.68. The van der Waals surface area contributed by atoms with Crippen LogP contribution in [0.3, 0.4) is 0 Å². The molecule has 0 heterocycles. The first-order valence-electron chi connectivity index (χ1n) is 12.4. The van der Waals surface area contributed by atoms with E-state index in [1.807, 2.05) is 0 Å². The minimum atomic E-state index is 1.23. The SMILES string of the molecule is c1ccc(-c2ccc(-c3cccc(-c4ccc5ccc6c7ccccc7ccc6c5c4)c3)cc2)cc1. The zero-order chi connectivity index (χ0) is 23.9. The van der Waals surface area contributed by atoms with E-state index in [1.165, 1.54) is 65.7 Å². The molecule has 0 aliphatic rings. The van der Waals surface area contributed by atoms with Crippen molar-refractivity contribution >= 4 is 32.3 Å². The lowest BCUT2D eigenvalue weighted by Crippen LogP contribution is -1.85. The summed E-state index contributed by atoms with van der Waals surface area (Å²) in [6.07, 6.45) is 0. The Kier molecular flexibility index (Phi) is 4.89. The molecule has 7 aromatic carbocycles. The van der Waals surface area contributed by atoms with E-state index in [-0.39, 0.29) is 0 Å². The van der Waals surface area contributed by atoms with Crippen molar-refractivity contribution < 1.29 is 0 Å². The Morgan fingerprint density at radius 3 is 1.47 bits per heavy atom. The Bertz CT molecular complexity index is 1860. The van der Waals surface area contributed by atoms with Crippen molar-refractivity contribution in [3.63, 3.8) is 0 Å². The summed E-state index contributed by atoms with van der Waals surface area (Å²) in [4.78, 5) is 0. The molecule has 0 spiro atoms. The third-order valence-corrected chi connectivity index (χ3v) is 7.26. The van der Waals surface area contributed by atoms with Crippen LogP contribution in [0.5, 0.6) is 0 Å². The van der Waals surface area contributed by atoms with Crippen molar-refractivity contribution in [1.29, 1.82) is 0 Å². The summed E-state index contributed by atoms with van der Waals surface area (Å²) in [6.45, 7) is 0. The van der Waals surface area contributed by atoms with Crippen LogP contribution in [-0.4, -0.2) is 0 Å². The van der Waals surface area contributed by atoms with Crippen molar-refractivity contribution in [2.24, 2.45) is 0 Å². The van der Waals surface area contributed by atoms with Crippen LogP contribution in [0.1, 0.15) is 0 Å². The van der Waals surface area contributed by atoms with Gasteiger partial charge in [-0.15, -0.1) is 0 Å². The highest BCUT2D eigenvalue weighted by Crippen LogP contribution is 2.35. The maximum Gasteiger partial charge on any atom is -0.00987 e. The Labute approximate surface area is 211 Å². The van der Waals surface area contributed by atoms with Gasteiger partial charge in [0, 0.05) is 0 Å². The molecular weight excluding hydrogens is 432 g/mol. The van der Waals surface area contributed by atoms with E-state index in [2.05, 4.69) is 146 Å². The monoisotopic (exact) mass is 456 g/mol. The molecular formula is C36H24. The molecule has 7 rings (SSSR count). The number of hydrogen-bond acceptors (Lipinski definition) is 0. The molecule has 0 N–H and O–H groups in total. The molecule has 0 amide bonds. The highest BCUT2D eigenvalue weighted by atomic mass is 14.1. The van der Waals surface area contributed by atoms with Crippen LogP contribution >= 0.6 is 0 Å². The van der Waals surface area contributed by atoms with E-state index in [1.54, 1.807) is 0 Å². The molecule has 0 saturated carbocycles. The summed E-state index contributed by atoms with van der Waals surface area (Å²) in [5.74, 6) is 0. The molecule has 0 atom stereocenters. The predicted molar refractivity (Wildman–Crippen MR) is 155 cm³/mol. The molecule has 0 unspecified atom stereocenters. The average Bonchev–Trinajstić information content (AvgIpc) is 2.97. The molecule has 0 fully saturated rings. The van der Waals surface area contributed by atoms with Crippen LogP contribution in [-0.2, 0) is 0 Å². The summed E-state index contributed by atoms with van der Waals surface area (Å²) < 4.78 is 0. The van der Waals surface area contributed by atoms with E-state index >= 15 is 0 Å². The van der Waals surface area contributed by atoms with Gasteiger partial charge >= 0.3 is 0 Å². The molecule has 0 heteroatoms. The Morgan fingerprint density at radius 1 is 0.222 bits per heavy atom. The topological polar surface area (TPSA) is 0 Å². The first-order valence-corrected chi connectivity index (χ1v) is 12.4. The maximum atomic E-state index is 2.35. The third-order valence-electron chi connectivity index (χ3n) is 7.26. The van der Waals surface area contributed by atoms with Crippen molar-refractivity contribution in [3.8, 4) is 33.4 Å². The van der Waals surface area contributed by atoms with Crippen LogP contribution in [0, 0.1) is 0 Å². The van der Waals surface area contributed by atoms with Crippen LogP contribution < -0.4 is 0 Å². The van der Waals surface area contributed by atoms with E-state index in [4.69, 9.17) is 0 Å². The summed E-state index contributed by atoms with van der Waals surface area (Å²) >= 11 is 0. The molecule has 0 nitrogen and oxygen atoms in total. The van der Waals surface area contributed by atoms with E-state index in [0.717, 1.165) is 0 Å². The van der Waals surface area contributed by atoms with Gasteiger partial charge in [-0.1, -0.05) is 133 Å². The molecule has 168 valence electrons. The molecule has 0 bridgehead atoms. The molecule has 0 aromatic heterocycles. The molecule has 0 radical (unpaired) electrons. The zero-order valence-corrected chi connectivity index (χ0v) is 19.9. The fourth-order valence-electron chi connectivity index (χ4n) is 5.36. The van der Waals surface area contributed by atoms with Crippen molar-refractivity contribution in [1.82, 2.24) is 0 Å². The van der Waals surface area contributed by atoms with Crippen LogP contribution in [0.25, 0.3) is 65.7 Å². The maximum absolute atomic E-state index is 2.35. The molecule has 0 aliphatic carbocycles. The zero-order valence-electron chi connectivity index (χ0n) is 19.9. The van der Waals surface area contributed by atoms with Crippen LogP contribution in [0.2, 0.25) is 0 Å². The van der Waals surface area contributed by atoms with Crippen molar-refractivity contribution in [2.45, 2.75) is 0 Å².